The Kier molecular flexibility index (Phi) is 4.01. The van der Waals surface area contributed by atoms with Crippen molar-refractivity contribution >= 4 is 23.5 Å². The predicted octanol–water partition coefficient (Wildman–Crippen LogP) is 2.29. The smallest absolute Gasteiger partial charge is 0.322 e. The average molecular weight is 280 g/mol. The second-order valence-corrected chi connectivity index (χ2v) is 4.36. The number of hydrogen-bond acceptors (Lipinski definition) is 6. The summed E-state index contributed by atoms with van der Waals surface area (Å²) < 4.78 is 4.94. The molecule has 2 aromatic rings. The fourth-order valence-electron chi connectivity index (χ4n) is 1.58. The summed E-state index contributed by atoms with van der Waals surface area (Å²) in [5.41, 5.74) is 6.59. The first-order chi connectivity index (χ1) is 9.08. The predicted molar refractivity (Wildman–Crippen MR) is 74.3 cm³/mol. The number of nitrogens with zero attached hydrogens (tertiary/aromatic N) is 3. The lowest BCUT2D eigenvalue weighted by Gasteiger charge is -2.14. The molecule has 0 fully saturated rings. The van der Waals surface area contributed by atoms with Crippen LogP contribution in [0, 0.1) is 0 Å². The molecular formula is C12H14ClN5O. The maximum atomic E-state index is 5.96. The minimum atomic E-state index is -0.0230. The summed E-state index contributed by atoms with van der Waals surface area (Å²) in [6.07, 6.45) is 0. The number of hydrogen-bond donors (Lipinski definition) is 2. The van der Waals surface area contributed by atoms with Crippen LogP contribution in [-0.2, 0) is 0 Å². The highest BCUT2D eigenvalue weighted by Gasteiger charge is 2.10. The van der Waals surface area contributed by atoms with E-state index in [1.807, 2.05) is 31.2 Å². The summed E-state index contributed by atoms with van der Waals surface area (Å²) in [7, 11) is 1.47. The number of aromatic nitrogens is 3. The Morgan fingerprint density at radius 1 is 1.32 bits per heavy atom. The van der Waals surface area contributed by atoms with Gasteiger partial charge in [0.2, 0.25) is 11.9 Å². The Morgan fingerprint density at radius 2 is 2.11 bits per heavy atom. The van der Waals surface area contributed by atoms with E-state index in [-0.39, 0.29) is 18.0 Å². The molecule has 0 amide bonds. The second-order valence-electron chi connectivity index (χ2n) is 3.92. The number of halogens is 1. The Hall–Kier alpha value is -2.08. The van der Waals surface area contributed by atoms with Gasteiger partial charge in [-0.05, 0) is 24.6 Å². The number of benzene rings is 1. The summed E-state index contributed by atoms with van der Waals surface area (Å²) in [5.74, 6) is 0.462. The maximum absolute atomic E-state index is 5.96. The van der Waals surface area contributed by atoms with Gasteiger partial charge in [0.15, 0.2) is 0 Å². The molecular weight excluding hydrogens is 266 g/mol. The molecule has 0 spiro atoms. The Morgan fingerprint density at radius 3 is 2.79 bits per heavy atom. The third-order valence-corrected chi connectivity index (χ3v) is 2.74. The molecule has 1 heterocycles. The first-order valence-corrected chi connectivity index (χ1v) is 6.04. The lowest BCUT2D eigenvalue weighted by Crippen LogP contribution is -2.12. The van der Waals surface area contributed by atoms with Crippen LogP contribution in [-0.4, -0.2) is 22.1 Å². The van der Waals surface area contributed by atoms with Gasteiger partial charge in [-0.25, -0.2) is 0 Å². The van der Waals surface area contributed by atoms with Crippen molar-refractivity contribution < 1.29 is 4.74 Å². The van der Waals surface area contributed by atoms with Gasteiger partial charge in [-0.3, -0.25) is 0 Å². The third-order valence-electron chi connectivity index (χ3n) is 2.51. The quantitative estimate of drug-likeness (QED) is 0.893. The number of anilines is 2. The van der Waals surface area contributed by atoms with Crippen LogP contribution in [0.4, 0.5) is 11.9 Å². The normalized spacial score (nSPS) is 11.9. The minimum Gasteiger partial charge on any atom is -0.467 e. The van der Waals surface area contributed by atoms with Crippen LogP contribution < -0.4 is 15.8 Å². The highest BCUT2D eigenvalue weighted by Crippen LogP contribution is 2.21. The third kappa shape index (κ3) is 3.45. The number of methoxy groups -OCH3 is 1. The molecule has 6 nitrogen and oxygen atoms in total. The molecule has 0 aliphatic heterocycles. The molecule has 0 saturated heterocycles. The van der Waals surface area contributed by atoms with Crippen molar-refractivity contribution in [3.63, 3.8) is 0 Å². The van der Waals surface area contributed by atoms with Crippen molar-refractivity contribution in [1.82, 2.24) is 15.0 Å². The first-order valence-electron chi connectivity index (χ1n) is 5.66. The minimum absolute atomic E-state index is 0.0230. The van der Waals surface area contributed by atoms with Gasteiger partial charge in [0, 0.05) is 5.02 Å². The van der Waals surface area contributed by atoms with Crippen LogP contribution >= 0.6 is 11.6 Å². The van der Waals surface area contributed by atoms with E-state index in [0.717, 1.165) is 5.56 Å². The van der Waals surface area contributed by atoms with E-state index in [9.17, 15) is 0 Å². The molecule has 0 bridgehead atoms. The van der Waals surface area contributed by atoms with Crippen molar-refractivity contribution in [1.29, 1.82) is 0 Å². The van der Waals surface area contributed by atoms with Crippen molar-refractivity contribution in [3.05, 3.63) is 34.9 Å². The van der Waals surface area contributed by atoms with Gasteiger partial charge >= 0.3 is 6.01 Å². The molecule has 100 valence electrons. The van der Waals surface area contributed by atoms with Gasteiger partial charge in [-0.2, -0.15) is 15.0 Å². The Labute approximate surface area is 116 Å². The zero-order chi connectivity index (χ0) is 13.8. The number of nitrogens with two attached hydrogens (primary N) is 1. The van der Waals surface area contributed by atoms with E-state index in [1.54, 1.807) is 0 Å². The van der Waals surface area contributed by atoms with Crippen LogP contribution in [0.5, 0.6) is 6.01 Å². The molecule has 1 unspecified atom stereocenters. The molecule has 2 rings (SSSR count). The molecule has 0 saturated carbocycles. The van der Waals surface area contributed by atoms with Gasteiger partial charge in [-0.15, -0.1) is 0 Å². The van der Waals surface area contributed by atoms with E-state index in [2.05, 4.69) is 20.3 Å². The van der Waals surface area contributed by atoms with E-state index in [4.69, 9.17) is 22.1 Å². The topological polar surface area (TPSA) is 86.0 Å². The highest BCUT2D eigenvalue weighted by atomic mass is 35.5. The van der Waals surface area contributed by atoms with Gasteiger partial charge in [-0.1, -0.05) is 23.7 Å². The molecule has 1 aromatic carbocycles. The lowest BCUT2D eigenvalue weighted by molar-refractivity contribution is 0.379. The number of rotatable bonds is 4. The summed E-state index contributed by atoms with van der Waals surface area (Å²) in [6, 6.07) is 7.70. The van der Waals surface area contributed by atoms with Crippen molar-refractivity contribution in [3.8, 4) is 6.01 Å². The lowest BCUT2D eigenvalue weighted by atomic mass is 10.1. The average Bonchev–Trinajstić information content (AvgIpc) is 2.38. The molecule has 1 atom stereocenters. The summed E-state index contributed by atoms with van der Waals surface area (Å²) in [5, 5.41) is 3.80. The standard InChI is InChI=1S/C12H14ClN5O/c1-7(8-4-3-5-9(13)6-8)15-11-16-10(14)17-12(18-11)19-2/h3-7H,1-2H3,(H3,14,15,16,17,18). The van der Waals surface area contributed by atoms with Crippen molar-refractivity contribution in [2.24, 2.45) is 0 Å². The van der Waals surface area contributed by atoms with Crippen molar-refractivity contribution in [2.45, 2.75) is 13.0 Å². The summed E-state index contributed by atoms with van der Waals surface area (Å²) in [6.45, 7) is 1.97. The van der Waals surface area contributed by atoms with Gasteiger partial charge in [0.05, 0.1) is 13.2 Å². The van der Waals surface area contributed by atoms with Crippen LogP contribution in [0.15, 0.2) is 24.3 Å². The number of nitrogen functional groups attached to an aromatic ring is 1. The van der Waals surface area contributed by atoms with Crippen molar-refractivity contribution in [2.75, 3.05) is 18.2 Å². The van der Waals surface area contributed by atoms with Crippen LogP contribution in [0.25, 0.3) is 0 Å². The number of ether oxygens (including phenoxy) is 1. The second kappa shape index (κ2) is 5.71. The number of nitrogens with one attached hydrogen (secondary N) is 1. The molecule has 0 aliphatic rings. The fourth-order valence-corrected chi connectivity index (χ4v) is 1.78. The molecule has 1 aromatic heterocycles. The van der Waals surface area contributed by atoms with Gasteiger partial charge < -0.3 is 15.8 Å². The molecule has 0 aliphatic carbocycles. The molecule has 19 heavy (non-hydrogen) atoms. The van der Waals surface area contributed by atoms with E-state index in [1.165, 1.54) is 7.11 Å². The Balaban J connectivity index is 2.18. The maximum Gasteiger partial charge on any atom is 0.322 e. The SMILES string of the molecule is COc1nc(N)nc(NC(C)c2cccc(Cl)c2)n1. The van der Waals surface area contributed by atoms with Gasteiger partial charge in [0.25, 0.3) is 0 Å². The van der Waals surface area contributed by atoms with E-state index in [0.29, 0.717) is 11.0 Å². The molecule has 7 heteroatoms. The van der Waals surface area contributed by atoms with Gasteiger partial charge in [0.1, 0.15) is 0 Å². The van der Waals surface area contributed by atoms with E-state index >= 15 is 0 Å². The first kappa shape index (κ1) is 13.4. The molecule has 3 N–H and O–H groups in total. The van der Waals surface area contributed by atoms with Crippen LogP contribution in [0.2, 0.25) is 5.02 Å². The largest absolute Gasteiger partial charge is 0.467 e. The van der Waals surface area contributed by atoms with Crippen LogP contribution in [0.1, 0.15) is 18.5 Å². The fraction of sp³-hybridized carbons (Fsp3) is 0.250. The summed E-state index contributed by atoms with van der Waals surface area (Å²) >= 11 is 5.96. The molecule has 0 radical (unpaired) electrons. The highest BCUT2D eigenvalue weighted by molar-refractivity contribution is 6.30. The van der Waals surface area contributed by atoms with Crippen LogP contribution in [0.3, 0.4) is 0 Å². The Bertz CT molecular complexity index is 578. The zero-order valence-corrected chi connectivity index (χ0v) is 11.3. The summed E-state index contributed by atoms with van der Waals surface area (Å²) in [4.78, 5) is 11.9. The van der Waals surface area contributed by atoms with E-state index < -0.39 is 0 Å². The monoisotopic (exact) mass is 279 g/mol. The zero-order valence-electron chi connectivity index (χ0n) is 10.6.